The van der Waals surface area contributed by atoms with Gasteiger partial charge >= 0.3 is 0 Å². The van der Waals surface area contributed by atoms with Gasteiger partial charge in [0, 0.05) is 60.0 Å². The van der Waals surface area contributed by atoms with Crippen LogP contribution in [0.2, 0.25) is 5.02 Å². The topological polar surface area (TPSA) is 36.4 Å². The summed E-state index contributed by atoms with van der Waals surface area (Å²) in [6, 6.07) is 12.7. The molecule has 5 heteroatoms. The summed E-state index contributed by atoms with van der Waals surface area (Å²) in [6.45, 7) is 10.6. The lowest BCUT2D eigenvalue weighted by molar-refractivity contribution is -0.131. The zero-order valence-corrected chi connectivity index (χ0v) is 18.8. The molecule has 3 aromatic rings. The van der Waals surface area contributed by atoms with E-state index in [0.29, 0.717) is 13.0 Å². The van der Waals surface area contributed by atoms with Gasteiger partial charge in [0.1, 0.15) is 0 Å². The average Bonchev–Trinajstić information content (AvgIpc) is 2.89. The predicted molar refractivity (Wildman–Crippen MR) is 125 cm³/mol. The summed E-state index contributed by atoms with van der Waals surface area (Å²) in [5.41, 5.74) is 6.60. The summed E-state index contributed by atoms with van der Waals surface area (Å²) in [6.07, 6.45) is 2.38. The molecule has 0 saturated carbocycles. The van der Waals surface area contributed by atoms with Gasteiger partial charge in [-0.1, -0.05) is 29.8 Å². The maximum absolute atomic E-state index is 12.5. The molecule has 2 aromatic carbocycles. The van der Waals surface area contributed by atoms with Crippen molar-refractivity contribution in [3.05, 3.63) is 58.7 Å². The molecule has 0 unspecified atom stereocenters. The molecule has 1 aliphatic rings. The lowest BCUT2D eigenvalue weighted by Crippen LogP contribution is -2.38. The normalized spacial score (nSPS) is 15.2. The minimum Gasteiger partial charge on any atom is -0.369 e. The molecule has 30 heavy (non-hydrogen) atoms. The summed E-state index contributed by atoms with van der Waals surface area (Å²) in [7, 11) is 0. The third-order valence-corrected chi connectivity index (χ3v) is 6.36. The van der Waals surface area contributed by atoms with Crippen molar-refractivity contribution in [3.63, 3.8) is 0 Å². The van der Waals surface area contributed by atoms with Gasteiger partial charge in [0.15, 0.2) is 0 Å². The van der Waals surface area contributed by atoms with Crippen molar-refractivity contribution >= 4 is 34.1 Å². The number of carbonyl (C=O) groups is 1. The molecular weight excluding hydrogens is 394 g/mol. The summed E-state index contributed by atoms with van der Waals surface area (Å²) in [4.78, 5) is 21.4. The Labute approximate surface area is 183 Å². The third-order valence-electron chi connectivity index (χ3n) is 6.05. The van der Waals surface area contributed by atoms with Gasteiger partial charge in [-0.3, -0.25) is 9.78 Å². The van der Waals surface area contributed by atoms with Crippen molar-refractivity contribution in [1.82, 2.24) is 9.88 Å². The first-order valence-electron chi connectivity index (χ1n) is 10.6. The highest BCUT2D eigenvalue weighted by Crippen LogP contribution is 2.38. The molecule has 4 rings (SSSR count). The molecule has 0 bridgehead atoms. The largest absolute Gasteiger partial charge is 0.369 e. The van der Waals surface area contributed by atoms with Crippen molar-refractivity contribution < 1.29 is 4.79 Å². The second kappa shape index (κ2) is 8.27. The van der Waals surface area contributed by atoms with Crippen LogP contribution in [0.3, 0.4) is 0 Å². The minimum atomic E-state index is 0.223. The highest BCUT2D eigenvalue weighted by molar-refractivity contribution is 6.34. The van der Waals surface area contributed by atoms with Gasteiger partial charge in [-0.25, -0.2) is 0 Å². The number of rotatable bonds is 3. The number of hydrogen-bond acceptors (Lipinski definition) is 3. The number of halogens is 1. The zero-order chi connectivity index (χ0) is 21.4. The SMILES string of the molecule is Cc1cccc(C)c1-c1cc2nccc(N3CCC(=O)N(C(C)C)CC3)c2cc1Cl. The van der Waals surface area contributed by atoms with Crippen LogP contribution in [-0.4, -0.2) is 41.5 Å². The fraction of sp³-hybridized carbons (Fsp3) is 0.360. The van der Waals surface area contributed by atoms with Crippen LogP contribution >= 0.6 is 11.6 Å². The van der Waals surface area contributed by atoms with E-state index in [2.05, 4.69) is 61.8 Å². The van der Waals surface area contributed by atoms with Crippen molar-refractivity contribution in [1.29, 1.82) is 0 Å². The Kier molecular flexibility index (Phi) is 5.70. The second-order valence-electron chi connectivity index (χ2n) is 8.36. The van der Waals surface area contributed by atoms with E-state index in [9.17, 15) is 4.79 Å². The first kappa shape index (κ1) is 20.7. The summed E-state index contributed by atoms with van der Waals surface area (Å²) in [5, 5.41) is 1.76. The summed E-state index contributed by atoms with van der Waals surface area (Å²) in [5.74, 6) is 0.223. The Bertz CT molecular complexity index is 1090. The average molecular weight is 422 g/mol. The monoisotopic (exact) mass is 421 g/mol. The van der Waals surface area contributed by atoms with Crippen LogP contribution < -0.4 is 4.90 Å². The van der Waals surface area contributed by atoms with E-state index in [4.69, 9.17) is 11.6 Å². The number of hydrogen-bond donors (Lipinski definition) is 0. The fourth-order valence-corrected chi connectivity index (χ4v) is 4.74. The number of aryl methyl sites for hydroxylation is 2. The third kappa shape index (κ3) is 3.77. The number of amides is 1. The van der Waals surface area contributed by atoms with E-state index in [0.717, 1.165) is 40.3 Å². The van der Waals surface area contributed by atoms with E-state index >= 15 is 0 Å². The van der Waals surface area contributed by atoms with E-state index in [1.807, 2.05) is 23.2 Å². The molecule has 1 fully saturated rings. The summed E-state index contributed by atoms with van der Waals surface area (Å²) >= 11 is 6.80. The molecule has 0 radical (unpaired) electrons. The van der Waals surface area contributed by atoms with E-state index in [-0.39, 0.29) is 11.9 Å². The fourth-order valence-electron chi connectivity index (χ4n) is 4.48. The Morgan fingerprint density at radius 3 is 2.47 bits per heavy atom. The summed E-state index contributed by atoms with van der Waals surface area (Å²) < 4.78 is 0. The number of carbonyl (C=O) groups excluding carboxylic acids is 1. The Morgan fingerprint density at radius 2 is 1.77 bits per heavy atom. The number of nitrogens with zero attached hydrogens (tertiary/aromatic N) is 3. The van der Waals surface area contributed by atoms with Crippen LogP contribution in [0.1, 0.15) is 31.4 Å². The van der Waals surface area contributed by atoms with Crippen LogP contribution in [0.4, 0.5) is 5.69 Å². The smallest absolute Gasteiger partial charge is 0.224 e. The Morgan fingerprint density at radius 1 is 1.03 bits per heavy atom. The van der Waals surface area contributed by atoms with Gasteiger partial charge in [-0.2, -0.15) is 0 Å². The van der Waals surface area contributed by atoms with Crippen LogP contribution in [0, 0.1) is 13.8 Å². The molecule has 1 aliphatic heterocycles. The van der Waals surface area contributed by atoms with Gasteiger partial charge in [0.05, 0.1) is 5.52 Å². The van der Waals surface area contributed by atoms with E-state index in [1.165, 1.54) is 16.7 Å². The first-order valence-corrected chi connectivity index (χ1v) is 10.9. The molecule has 1 saturated heterocycles. The van der Waals surface area contributed by atoms with Gasteiger partial charge in [-0.05, 0) is 62.6 Å². The highest BCUT2D eigenvalue weighted by atomic mass is 35.5. The molecule has 4 nitrogen and oxygen atoms in total. The van der Waals surface area contributed by atoms with Crippen LogP contribution in [0.25, 0.3) is 22.0 Å². The lowest BCUT2D eigenvalue weighted by atomic mass is 9.94. The highest BCUT2D eigenvalue weighted by Gasteiger charge is 2.24. The van der Waals surface area contributed by atoms with Crippen molar-refractivity contribution in [2.45, 2.75) is 40.2 Å². The van der Waals surface area contributed by atoms with Gasteiger partial charge in [-0.15, -0.1) is 0 Å². The molecular formula is C25H28ClN3O. The van der Waals surface area contributed by atoms with Gasteiger partial charge in [0.25, 0.3) is 0 Å². The van der Waals surface area contributed by atoms with Crippen molar-refractivity contribution in [3.8, 4) is 11.1 Å². The number of aromatic nitrogens is 1. The zero-order valence-electron chi connectivity index (χ0n) is 18.1. The molecule has 156 valence electrons. The van der Waals surface area contributed by atoms with Crippen LogP contribution in [-0.2, 0) is 4.79 Å². The van der Waals surface area contributed by atoms with Gasteiger partial charge < -0.3 is 9.80 Å². The maximum Gasteiger partial charge on any atom is 0.224 e. The van der Waals surface area contributed by atoms with E-state index in [1.54, 1.807) is 0 Å². The Hall–Kier alpha value is -2.59. The van der Waals surface area contributed by atoms with Gasteiger partial charge in [0.2, 0.25) is 5.91 Å². The lowest BCUT2D eigenvalue weighted by Gasteiger charge is -2.27. The molecule has 1 aromatic heterocycles. The molecule has 1 amide bonds. The standard InChI is InChI=1S/C25H28ClN3O/c1-16(2)29-13-12-28(11-9-24(29)30)23-8-10-27-22-15-19(21(26)14-20(22)23)25-17(3)6-5-7-18(25)4/h5-8,10,14-16H,9,11-13H2,1-4H3. The second-order valence-corrected chi connectivity index (χ2v) is 8.77. The van der Waals surface area contributed by atoms with Crippen molar-refractivity contribution in [2.24, 2.45) is 0 Å². The molecule has 2 heterocycles. The van der Waals surface area contributed by atoms with Crippen LogP contribution in [0.15, 0.2) is 42.6 Å². The van der Waals surface area contributed by atoms with E-state index < -0.39 is 0 Å². The minimum absolute atomic E-state index is 0.223. The molecule has 0 N–H and O–H groups in total. The molecule has 0 atom stereocenters. The predicted octanol–water partition coefficient (Wildman–Crippen LogP) is 5.62. The van der Waals surface area contributed by atoms with Crippen LogP contribution in [0.5, 0.6) is 0 Å². The number of anilines is 1. The first-order chi connectivity index (χ1) is 14.4. The molecule has 0 aliphatic carbocycles. The number of fused-ring (bicyclic) bond motifs is 1. The quantitative estimate of drug-likeness (QED) is 0.550. The molecule has 0 spiro atoms. The maximum atomic E-state index is 12.5. The van der Waals surface area contributed by atoms with Crippen molar-refractivity contribution in [2.75, 3.05) is 24.5 Å². The Balaban J connectivity index is 1.77. The number of pyridine rings is 1. The number of benzene rings is 2.